The zero-order valence-corrected chi connectivity index (χ0v) is 4.96. The Kier molecular flexibility index (Phi) is 4.16. The highest BCUT2D eigenvalue weighted by Gasteiger charge is 1.91. The maximum Gasteiger partial charge on any atom is 0.257 e. The van der Waals surface area contributed by atoms with E-state index in [9.17, 15) is 0 Å². The molecule has 0 aromatic rings. The normalized spacial score (nSPS) is 9.83. The Morgan fingerprint density at radius 1 is 1.67 bits per heavy atom. The highest BCUT2D eigenvalue weighted by Crippen LogP contribution is 1.98. The summed E-state index contributed by atoms with van der Waals surface area (Å²) in [6.07, 6.45) is 0. The third kappa shape index (κ3) is 4.60. The van der Waals surface area contributed by atoms with Crippen LogP contribution in [0.2, 0.25) is 0 Å². The van der Waals surface area contributed by atoms with Crippen LogP contribution in [0.5, 0.6) is 0 Å². The fourth-order valence-electron chi connectivity index (χ4n) is 0.126. The van der Waals surface area contributed by atoms with Gasteiger partial charge in [-0.05, 0) is 0 Å². The van der Waals surface area contributed by atoms with E-state index in [-0.39, 0.29) is 4.84 Å². The molecule has 0 atom stereocenters. The SMILES string of the molecule is BOCC(Cl)Cl. The molecule has 6 heavy (non-hydrogen) atoms. The van der Waals surface area contributed by atoms with Crippen molar-refractivity contribution in [3.8, 4) is 0 Å². The fraction of sp³-hybridized carbons (Fsp3) is 1.00. The van der Waals surface area contributed by atoms with Crippen molar-refractivity contribution < 1.29 is 4.65 Å². The van der Waals surface area contributed by atoms with Crippen LogP contribution >= 0.6 is 23.2 Å². The molecule has 1 nitrogen and oxygen atoms in total. The Hall–Kier alpha value is 0.605. The van der Waals surface area contributed by atoms with E-state index < -0.39 is 0 Å². The van der Waals surface area contributed by atoms with Crippen molar-refractivity contribution in [1.82, 2.24) is 0 Å². The minimum absolute atomic E-state index is 0.380. The quantitative estimate of drug-likeness (QED) is 0.384. The monoisotopic (exact) mass is 126 g/mol. The lowest BCUT2D eigenvalue weighted by Crippen LogP contribution is -1.97. The summed E-state index contributed by atoms with van der Waals surface area (Å²) in [4.78, 5) is -0.380. The summed E-state index contributed by atoms with van der Waals surface area (Å²) in [5.41, 5.74) is 0. The van der Waals surface area contributed by atoms with E-state index in [1.54, 1.807) is 8.05 Å². The van der Waals surface area contributed by atoms with Crippen LogP contribution in [0.4, 0.5) is 0 Å². The molecule has 36 valence electrons. The second-order valence-electron chi connectivity index (χ2n) is 0.846. The van der Waals surface area contributed by atoms with Crippen LogP contribution < -0.4 is 0 Å². The van der Waals surface area contributed by atoms with Crippen LogP contribution in [-0.4, -0.2) is 19.5 Å². The third-order valence-corrected chi connectivity index (χ3v) is 0.545. The van der Waals surface area contributed by atoms with Gasteiger partial charge in [-0.2, -0.15) is 0 Å². The Bertz CT molecular complexity index is 32.7. The Labute approximate surface area is 48.0 Å². The summed E-state index contributed by atoms with van der Waals surface area (Å²) in [7, 11) is 1.55. The van der Waals surface area contributed by atoms with E-state index in [0.29, 0.717) is 6.61 Å². The molecule has 0 amide bonds. The molecule has 0 fully saturated rings. The largest absolute Gasteiger partial charge is 0.441 e. The summed E-state index contributed by atoms with van der Waals surface area (Å²) < 4.78 is 4.54. The third-order valence-electron chi connectivity index (χ3n) is 0.293. The molecule has 0 aliphatic rings. The molecular formula is C2H5BCl2O. The predicted octanol–water partition coefficient (Wildman–Crippen LogP) is 0.355. The van der Waals surface area contributed by atoms with E-state index in [1.165, 1.54) is 0 Å². The number of hydrogen-bond donors (Lipinski definition) is 0. The molecule has 0 rings (SSSR count). The first-order valence-corrected chi connectivity index (χ1v) is 2.41. The van der Waals surface area contributed by atoms with Gasteiger partial charge in [0.1, 0.15) is 4.84 Å². The van der Waals surface area contributed by atoms with Crippen molar-refractivity contribution in [3.63, 3.8) is 0 Å². The number of halogens is 2. The van der Waals surface area contributed by atoms with Crippen molar-refractivity contribution in [2.24, 2.45) is 0 Å². The predicted molar refractivity (Wildman–Crippen MR) is 30.0 cm³/mol. The topological polar surface area (TPSA) is 9.23 Å². The van der Waals surface area contributed by atoms with Gasteiger partial charge in [-0.1, -0.05) is 0 Å². The zero-order chi connectivity index (χ0) is 4.99. The van der Waals surface area contributed by atoms with Crippen molar-refractivity contribution in [1.29, 1.82) is 0 Å². The van der Waals surface area contributed by atoms with E-state index >= 15 is 0 Å². The maximum atomic E-state index is 5.22. The average Bonchev–Trinajstić information content (AvgIpc) is 1.35. The van der Waals surface area contributed by atoms with Gasteiger partial charge >= 0.3 is 0 Å². The van der Waals surface area contributed by atoms with E-state index in [0.717, 1.165) is 0 Å². The highest BCUT2D eigenvalue weighted by molar-refractivity contribution is 6.44. The van der Waals surface area contributed by atoms with Crippen LogP contribution in [0.3, 0.4) is 0 Å². The molecule has 0 aromatic carbocycles. The lowest BCUT2D eigenvalue weighted by atomic mass is 10.6. The molecule has 0 unspecified atom stereocenters. The van der Waals surface area contributed by atoms with Crippen molar-refractivity contribution in [3.05, 3.63) is 0 Å². The second-order valence-corrected chi connectivity index (χ2v) is 2.12. The number of rotatable bonds is 2. The van der Waals surface area contributed by atoms with Gasteiger partial charge in [0.25, 0.3) is 8.05 Å². The molecule has 0 bridgehead atoms. The smallest absolute Gasteiger partial charge is 0.257 e. The molecule has 0 spiro atoms. The average molecular weight is 127 g/mol. The van der Waals surface area contributed by atoms with Crippen LogP contribution in [0.15, 0.2) is 0 Å². The minimum atomic E-state index is -0.380. The first kappa shape index (κ1) is 6.60. The van der Waals surface area contributed by atoms with Crippen molar-refractivity contribution >= 4 is 31.3 Å². The summed E-state index contributed by atoms with van der Waals surface area (Å²) in [5.74, 6) is 0. The Morgan fingerprint density at radius 2 is 2.17 bits per heavy atom. The molecule has 0 aliphatic carbocycles. The van der Waals surface area contributed by atoms with Crippen molar-refractivity contribution in [2.45, 2.75) is 4.84 Å². The summed E-state index contributed by atoms with van der Waals surface area (Å²) in [5, 5.41) is 0. The van der Waals surface area contributed by atoms with Crippen LogP contribution in [0.25, 0.3) is 0 Å². The lowest BCUT2D eigenvalue weighted by Gasteiger charge is -1.93. The molecule has 0 aromatic heterocycles. The van der Waals surface area contributed by atoms with Gasteiger partial charge in [0.15, 0.2) is 0 Å². The minimum Gasteiger partial charge on any atom is -0.441 e. The van der Waals surface area contributed by atoms with Gasteiger partial charge in [-0.3, -0.25) is 0 Å². The molecule has 0 radical (unpaired) electrons. The van der Waals surface area contributed by atoms with E-state index in [4.69, 9.17) is 23.2 Å². The van der Waals surface area contributed by atoms with Crippen LogP contribution in [-0.2, 0) is 4.65 Å². The van der Waals surface area contributed by atoms with Gasteiger partial charge in [0.05, 0.1) is 6.61 Å². The molecule has 0 saturated heterocycles. The Balaban J connectivity index is 2.63. The molecule has 4 heteroatoms. The first-order chi connectivity index (χ1) is 2.77. The fourth-order valence-corrected chi connectivity index (χ4v) is 0.378. The zero-order valence-electron chi connectivity index (χ0n) is 3.45. The highest BCUT2D eigenvalue weighted by atomic mass is 35.5. The van der Waals surface area contributed by atoms with Gasteiger partial charge in [-0.15, -0.1) is 23.2 Å². The lowest BCUT2D eigenvalue weighted by molar-refractivity contribution is 0.369. The van der Waals surface area contributed by atoms with Gasteiger partial charge in [0, 0.05) is 0 Å². The summed E-state index contributed by atoms with van der Waals surface area (Å²) in [6, 6.07) is 0. The van der Waals surface area contributed by atoms with Gasteiger partial charge in [-0.25, -0.2) is 0 Å². The Morgan fingerprint density at radius 3 is 2.17 bits per heavy atom. The van der Waals surface area contributed by atoms with Crippen LogP contribution in [0.1, 0.15) is 0 Å². The molecule has 0 N–H and O–H groups in total. The molecule has 0 heterocycles. The van der Waals surface area contributed by atoms with Gasteiger partial charge < -0.3 is 4.65 Å². The van der Waals surface area contributed by atoms with Crippen molar-refractivity contribution in [2.75, 3.05) is 6.61 Å². The second kappa shape index (κ2) is 3.78. The summed E-state index contributed by atoms with van der Waals surface area (Å²) in [6.45, 7) is 0.406. The van der Waals surface area contributed by atoms with Crippen LogP contribution in [0, 0.1) is 0 Å². The molecular weight excluding hydrogens is 122 g/mol. The number of hydrogen-bond acceptors (Lipinski definition) is 1. The van der Waals surface area contributed by atoms with E-state index in [1.807, 2.05) is 0 Å². The molecule has 0 saturated carbocycles. The molecule has 0 aliphatic heterocycles. The van der Waals surface area contributed by atoms with Gasteiger partial charge in [0.2, 0.25) is 0 Å². The van der Waals surface area contributed by atoms with E-state index in [2.05, 4.69) is 4.65 Å². The first-order valence-electron chi connectivity index (χ1n) is 1.54. The summed E-state index contributed by atoms with van der Waals surface area (Å²) >= 11 is 10.4. The standard InChI is InChI=1S/C2H5BCl2O/c3-6-1-2(4)5/h2H,1,3H2. The number of alkyl halides is 2. The maximum absolute atomic E-state index is 5.22.